The van der Waals surface area contributed by atoms with Gasteiger partial charge >= 0.3 is 11.9 Å². The highest BCUT2D eigenvalue weighted by Gasteiger charge is 2.16. The fourth-order valence-electron chi connectivity index (χ4n) is 5.49. The molecule has 0 fully saturated rings. The van der Waals surface area contributed by atoms with Gasteiger partial charge in [0, 0.05) is 12.8 Å². The van der Waals surface area contributed by atoms with Crippen molar-refractivity contribution >= 4 is 11.9 Å². The molecule has 0 aromatic rings. The molecule has 0 heterocycles. The minimum atomic E-state index is -0.799. The summed E-state index contributed by atoms with van der Waals surface area (Å²) in [5.74, 6) is -0.648. The van der Waals surface area contributed by atoms with Crippen LogP contribution in [-0.4, -0.2) is 36.4 Å². The van der Waals surface area contributed by atoms with Gasteiger partial charge in [0.2, 0.25) is 0 Å². The Kier molecular flexibility index (Phi) is 42.7. The Morgan fingerprint density at radius 3 is 1.07 bits per heavy atom. The lowest BCUT2D eigenvalue weighted by Gasteiger charge is -2.15. The summed E-state index contributed by atoms with van der Waals surface area (Å²) in [4.78, 5) is 24.3. The van der Waals surface area contributed by atoms with Gasteiger partial charge in [-0.3, -0.25) is 9.59 Å². The van der Waals surface area contributed by atoms with Crippen LogP contribution in [0.3, 0.4) is 0 Å². The van der Waals surface area contributed by atoms with Gasteiger partial charge in [0.25, 0.3) is 0 Å². The van der Waals surface area contributed by atoms with Crippen LogP contribution in [0, 0.1) is 0 Å². The number of aliphatic hydroxyl groups excluding tert-OH is 1. The molecule has 5 heteroatoms. The third-order valence-corrected chi connectivity index (χ3v) is 8.75. The average Bonchev–Trinajstić information content (AvgIpc) is 3.20. The third-order valence-electron chi connectivity index (χ3n) is 8.75. The largest absolute Gasteiger partial charge is 0.462 e. The molecule has 0 saturated heterocycles. The lowest BCUT2D eigenvalue weighted by atomic mass is 10.1. The van der Waals surface area contributed by atoms with Crippen LogP contribution in [0.4, 0.5) is 0 Å². The summed E-state index contributed by atoms with van der Waals surface area (Å²) >= 11 is 0. The van der Waals surface area contributed by atoms with Crippen molar-refractivity contribution in [1.29, 1.82) is 0 Å². The molecule has 0 saturated carbocycles. The van der Waals surface area contributed by atoms with E-state index >= 15 is 0 Å². The predicted octanol–water partition coefficient (Wildman–Crippen LogP) is 14.4. The van der Waals surface area contributed by atoms with E-state index in [0.717, 1.165) is 128 Å². The van der Waals surface area contributed by atoms with Crippen molar-refractivity contribution in [2.75, 3.05) is 13.2 Å². The molecule has 0 aliphatic carbocycles. The lowest BCUT2D eigenvalue weighted by Crippen LogP contribution is -2.28. The summed E-state index contributed by atoms with van der Waals surface area (Å²) in [6.07, 6.45) is 66.9. The van der Waals surface area contributed by atoms with Crippen molar-refractivity contribution in [3.8, 4) is 0 Å². The van der Waals surface area contributed by atoms with Crippen molar-refractivity contribution in [2.45, 2.75) is 174 Å². The summed E-state index contributed by atoms with van der Waals surface area (Å²) in [7, 11) is 0. The SMILES string of the molecule is CC/C=C\C/C=C\C/C=C\C/C=C\C/C=C\C/C=C\CCCCCCCCC(=O)OC(CO)COC(=O)CCCCCC/C=C\C/C=C\C/C=C\C/C=C\CC. The Balaban J connectivity index is 3.67. The van der Waals surface area contributed by atoms with Crippen LogP contribution in [-0.2, 0) is 19.1 Å². The van der Waals surface area contributed by atoms with Gasteiger partial charge in [0.1, 0.15) is 6.61 Å². The maximum Gasteiger partial charge on any atom is 0.306 e. The molecule has 5 nitrogen and oxygen atoms in total. The van der Waals surface area contributed by atoms with E-state index in [2.05, 4.69) is 135 Å². The number of hydrogen-bond donors (Lipinski definition) is 1. The summed E-state index contributed by atoms with van der Waals surface area (Å²) in [5, 5.41) is 9.59. The summed E-state index contributed by atoms with van der Waals surface area (Å²) in [5.41, 5.74) is 0. The first-order valence-corrected chi connectivity index (χ1v) is 22.1. The molecule has 0 spiro atoms. The normalized spacial score (nSPS) is 13.4. The second kappa shape index (κ2) is 45.7. The fourth-order valence-corrected chi connectivity index (χ4v) is 5.49. The minimum absolute atomic E-state index is 0.0936. The van der Waals surface area contributed by atoms with Crippen LogP contribution in [0.15, 0.2) is 122 Å². The highest BCUT2D eigenvalue weighted by Crippen LogP contribution is 2.11. The van der Waals surface area contributed by atoms with Crippen molar-refractivity contribution < 1.29 is 24.2 Å². The van der Waals surface area contributed by atoms with Gasteiger partial charge in [-0.25, -0.2) is 0 Å². The first-order valence-electron chi connectivity index (χ1n) is 22.1. The molecule has 0 radical (unpaired) electrons. The molecule has 1 N–H and O–H groups in total. The third kappa shape index (κ3) is 43.0. The van der Waals surface area contributed by atoms with Crippen LogP contribution in [0.5, 0.6) is 0 Å². The van der Waals surface area contributed by atoms with Gasteiger partial charge in [-0.1, -0.05) is 174 Å². The van der Waals surface area contributed by atoms with E-state index in [9.17, 15) is 14.7 Å². The smallest absolute Gasteiger partial charge is 0.306 e. The Labute approximate surface area is 343 Å². The molecule has 0 aromatic heterocycles. The fraction of sp³-hybridized carbons (Fsp3) is 0.569. The predicted molar refractivity (Wildman–Crippen MR) is 241 cm³/mol. The number of unbranched alkanes of at least 4 members (excludes halogenated alkanes) is 10. The minimum Gasteiger partial charge on any atom is -0.462 e. The molecular formula is C51H80O5. The first kappa shape index (κ1) is 52.3. The van der Waals surface area contributed by atoms with Gasteiger partial charge in [-0.05, 0) is 103 Å². The molecule has 0 aliphatic rings. The van der Waals surface area contributed by atoms with Crippen molar-refractivity contribution in [1.82, 2.24) is 0 Å². The average molecular weight is 773 g/mol. The van der Waals surface area contributed by atoms with Gasteiger partial charge in [0.15, 0.2) is 6.10 Å². The molecule has 0 amide bonds. The first-order chi connectivity index (χ1) is 27.6. The van der Waals surface area contributed by atoms with Crippen LogP contribution in [0.2, 0.25) is 0 Å². The van der Waals surface area contributed by atoms with E-state index in [-0.39, 0.29) is 25.2 Å². The zero-order chi connectivity index (χ0) is 40.7. The number of esters is 2. The van der Waals surface area contributed by atoms with Gasteiger partial charge in [-0.2, -0.15) is 0 Å². The number of rotatable bonds is 38. The van der Waals surface area contributed by atoms with Crippen LogP contribution < -0.4 is 0 Å². The van der Waals surface area contributed by atoms with E-state index in [1.54, 1.807) is 0 Å². The van der Waals surface area contributed by atoms with Gasteiger partial charge in [0.05, 0.1) is 6.61 Å². The second-order valence-corrected chi connectivity index (χ2v) is 14.0. The maximum atomic E-state index is 12.2. The number of aliphatic hydroxyl groups is 1. The number of carbonyl (C=O) groups is 2. The zero-order valence-corrected chi connectivity index (χ0v) is 35.6. The highest BCUT2D eigenvalue weighted by atomic mass is 16.6. The van der Waals surface area contributed by atoms with E-state index in [1.165, 1.54) is 12.8 Å². The Hall–Kier alpha value is -3.70. The molecule has 1 atom stereocenters. The van der Waals surface area contributed by atoms with Gasteiger partial charge < -0.3 is 14.6 Å². The molecule has 0 aliphatic heterocycles. The van der Waals surface area contributed by atoms with E-state index < -0.39 is 6.10 Å². The molecule has 1 unspecified atom stereocenters. The molecule has 314 valence electrons. The summed E-state index contributed by atoms with van der Waals surface area (Å²) in [6, 6.07) is 0. The van der Waals surface area contributed by atoms with E-state index in [1.807, 2.05) is 0 Å². The zero-order valence-electron chi connectivity index (χ0n) is 35.6. The molecule has 0 bridgehead atoms. The van der Waals surface area contributed by atoms with E-state index in [4.69, 9.17) is 9.47 Å². The molecule has 56 heavy (non-hydrogen) atoms. The van der Waals surface area contributed by atoms with Crippen LogP contribution >= 0.6 is 0 Å². The van der Waals surface area contributed by atoms with E-state index in [0.29, 0.717) is 12.8 Å². The Morgan fingerprint density at radius 1 is 0.411 bits per heavy atom. The standard InChI is InChI=1S/C51H80O5/c1-3-5-7-9-11-13-15-17-19-21-22-23-24-25-26-27-28-30-32-34-36-38-40-42-44-46-51(54)56-49(47-52)48-55-50(53)45-43-41-39-37-35-33-31-29-20-18-16-14-12-10-8-6-4-2/h5-8,11-14,17-20,22-23,25-26,28,30-31,33,49,52H,3-4,9-10,15-16,21,24,27,29,32,34-48H2,1-2H3/b7-5-,8-6-,13-11-,14-12-,19-17-,20-18-,23-22-,26-25-,30-28-,33-31-. The molecule has 0 rings (SSSR count). The quantitative estimate of drug-likeness (QED) is 0.0384. The van der Waals surface area contributed by atoms with Crippen LogP contribution in [0.1, 0.15) is 168 Å². The highest BCUT2D eigenvalue weighted by molar-refractivity contribution is 5.70. The van der Waals surface area contributed by atoms with Crippen LogP contribution in [0.25, 0.3) is 0 Å². The molecule has 0 aromatic carbocycles. The number of ether oxygens (including phenoxy) is 2. The van der Waals surface area contributed by atoms with Crippen molar-refractivity contribution in [3.05, 3.63) is 122 Å². The number of allylic oxidation sites excluding steroid dienone is 20. The van der Waals surface area contributed by atoms with Gasteiger partial charge in [-0.15, -0.1) is 0 Å². The topological polar surface area (TPSA) is 72.8 Å². The van der Waals surface area contributed by atoms with Crippen molar-refractivity contribution in [2.24, 2.45) is 0 Å². The maximum absolute atomic E-state index is 12.2. The number of hydrogen-bond acceptors (Lipinski definition) is 5. The summed E-state index contributed by atoms with van der Waals surface area (Å²) < 4.78 is 10.6. The monoisotopic (exact) mass is 773 g/mol. The Bertz CT molecular complexity index is 1190. The number of carbonyl (C=O) groups excluding carboxylic acids is 2. The molecular weight excluding hydrogens is 693 g/mol. The second-order valence-electron chi connectivity index (χ2n) is 14.0. The van der Waals surface area contributed by atoms with Crippen molar-refractivity contribution in [3.63, 3.8) is 0 Å². The lowest BCUT2D eigenvalue weighted by molar-refractivity contribution is -0.161. The summed E-state index contributed by atoms with van der Waals surface area (Å²) in [6.45, 7) is 3.86. The Morgan fingerprint density at radius 2 is 0.714 bits per heavy atom.